The molecule has 0 bridgehead atoms. The molecule has 3 aromatic rings. The van der Waals surface area contributed by atoms with Crippen LogP contribution in [0.15, 0.2) is 54.9 Å². The lowest BCUT2D eigenvalue weighted by Crippen LogP contribution is -2.30. The van der Waals surface area contributed by atoms with E-state index in [9.17, 15) is 9.18 Å². The molecule has 1 amide bonds. The van der Waals surface area contributed by atoms with Gasteiger partial charge in [-0.1, -0.05) is 18.2 Å². The fraction of sp³-hybridized carbons (Fsp3) is 0.125. The maximum absolute atomic E-state index is 13.6. The Morgan fingerprint density at radius 1 is 1.25 bits per heavy atom. The first kappa shape index (κ1) is 15.6. The van der Waals surface area contributed by atoms with E-state index < -0.39 is 17.8 Å². The average molecular weight is 327 g/mol. The van der Waals surface area contributed by atoms with Crippen molar-refractivity contribution in [1.29, 1.82) is 0 Å². The van der Waals surface area contributed by atoms with Crippen molar-refractivity contribution in [1.82, 2.24) is 20.2 Å². The average Bonchev–Trinajstić information content (AvgIpc) is 3.12. The largest absolute Gasteiger partial charge is 0.481 e. The van der Waals surface area contributed by atoms with Gasteiger partial charge >= 0.3 is 0 Å². The summed E-state index contributed by atoms with van der Waals surface area (Å²) in [5.74, 6) is -0.481. The summed E-state index contributed by atoms with van der Waals surface area (Å²) in [5, 5.41) is 13.4. The molecule has 1 atom stereocenters. The number of amides is 1. The van der Waals surface area contributed by atoms with Crippen molar-refractivity contribution >= 4 is 11.6 Å². The molecule has 7 nitrogen and oxygen atoms in total. The van der Waals surface area contributed by atoms with Gasteiger partial charge in [0.25, 0.3) is 5.91 Å². The number of aromatic nitrogens is 4. The van der Waals surface area contributed by atoms with Crippen LogP contribution in [-0.4, -0.2) is 32.2 Å². The standard InChI is InChI=1S/C16H14FN5O2/c1-11(16(23)19-15-8-3-2-7-14(15)17)24-13-6-4-5-12(9-13)22-10-18-20-21-22/h2-11H,1H3,(H,19,23)/t11-/m1/s1. The van der Waals surface area contributed by atoms with E-state index in [0.29, 0.717) is 11.4 Å². The van der Waals surface area contributed by atoms with E-state index >= 15 is 0 Å². The van der Waals surface area contributed by atoms with E-state index in [0.717, 1.165) is 0 Å². The molecule has 0 saturated heterocycles. The van der Waals surface area contributed by atoms with Gasteiger partial charge in [0.05, 0.1) is 11.4 Å². The number of hydrogen-bond acceptors (Lipinski definition) is 5. The van der Waals surface area contributed by atoms with Crippen LogP contribution < -0.4 is 10.1 Å². The van der Waals surface area contributed by atoms with Gasteiger partial charge in [0.15, 0.2) is 6.10 Å². The second-order valence-electron chi connectivity index (χ2n) is 4.98. The van der Waals surface area contributed by atoms with Crippen LogP contribution in [0.4, 0.5) is 10.1 Å². The van der Waals surface area contributed by atoms with Crippen molar-refractivity contribution < 1.29 is 13.9 Å². The summed E-state index contributed by atoms with van der Waals surface area (Å²) in [5.41, 5.74) is 0.805. The van der Waals surface area contributed by atoms with Crippen molar-refractivity contribution in [2.24, 2.45) is 0 Å². The minimum atomic E-state index is -0.811. The lowest BCUT2D eigenvalue weighted by molar-refractivity contribution is -0.122. The Balaban J connectivity index is 1.68. The van der Waals surface area contributed by atoms with Gasteiger partial charge < -0.3 is 10.1 Å². The van der Waals surface area contributed by atoms with Crippen LogP contribution in [0, 0.1) is 5.82 Å². The van der Waals surface area contributed by atoms with Crippen LogP contribution in [-0.2, 0) is 4.79 Å². The van der Waals surface area contributed by atoms with Crippen molar-refractivity contribution in [3.8, 4) is 11.4 Å². The Morgan fingerprint density at radius 2 is 2.08 bits per heavy atom. The minimum Gasteiger partial charge on any atom is -0.481 e. The highest BCUT2D eigenvalue weighted by Gasteiger charge is 2.16. The SMILES string of the molecule is C[C@@H](Oc1cccc(-n2cnnn2)c1)C(=O)Nc1ccccc1F. The summed E-state index contributed by atoms with van der Waals surface area (Å²) in [6.07, 6.45) is 0.640. The predicted octanol–water partition coefficient (Wildman–Crippen LogP) is 2.21. The molecule has 0 aliphatic heterocycles. The Kier molecular flexibility index (Phi) is 4.46. The number of halogens is 1. The third-order valence-corrected chi connectivity index (χ3v) is 3.24. The van der Waals surface area contributed by atoms with Crippen molar-refractivity contribution in [2.75, 3.05) is 5.32 Å². The highest BCUT2D eigenvalue weighted by Crippen LogP contribution is 2.18. The van der Waals surface area contributed by atoms with E-state index in [1.54, 1.807) is 43.3 Å². The Hall–Kier alpha value is -3.29. The van der Waals surface area contributed by atoms with Gasteiger partial charge in [-0.05, 0) is 41.6 Å². The molecule has 0 spiro atoms. The molecule has 0 unspecified atom stereocenters. The quantitative estimate of drug-likeness (QED) is 0.777. The van der Waals surface area contributed by atoms with Crippen molar-refractivity contribution in [3.63, 3.8) is 0 Å². The number of nitrogens with one attached hydrogen (secondary N) is 1. The fourth-order valence-electron chi connectivity index (χ4n) is 2.03. The lowest BCUT2D eigenvalue weighted by atomic mass is 10.2. The second-order valence-corrected chi connectivity index (χ2v) is 4.98. The van der Waals surface area contributed by atoms with Crippen LogP contribution in [0.2, 0.25) is 0 Å². The predicted molar refractivity (Wildman–Crippen MR) is 84.3 cm³/mol. The van der Waals surface area contributed by atoms with Gasteiger partial charge in [0.1, 0.15) is 17.9 Å². The molecule has 1 aromatic heterocycles. The third-order valence-electron chi connectivity index (χ3n) is 3.24. The van der Waals surface area contributed by atoms with Crippen molar-refractivity contribution in [3.05, 3.63) is 60.7 Å². The summed E-state index contributed by atoms with van der Waals surface area (Å²) in [7, 11) is 0. The van der Waals surface area contributed by atoms with E-state index in [4.69, 9.17) is 4.74 Å². The maximum atomic E-state index is 13.6. The molecule has 0 radical (unpaired) electrons. The fourth-order valence-corrected chi connectivity index (χ4v) is 2.03. The van der Waals surface area contributed by atoms with Gasteiger partial charge in [-0.2, -0.15) is 0 Å². The number of carbonyl (C=O) groups is 1. The first-order valence-electron chi connectivity index (χ1n) is 7.19. The normalized spacial score (nSPS) is 11.8. The van der Waals surface area contributed by atoms with Gasteiger partial charge in [0.2, 0.25) is 0 Å². The number of tetrazole rings is 1. The highest BCUT2D eigenvalue weighted by atomic mass is 19.1. The first-order chi connectivity index (χ1) is 11.6. The molecule has 8 heteroatoms. The van der Waals surface area contributed by atoms with Gasteiger partial charge in [0, 0.05) is 6.07 Å². The number of anilines is 1. The van der Waals surface area contributed by atoms with Gasteiger partial charge in [-0.25, -0.2) is 9.07 Å². The second kappa shape index (κ2) is 6.86. The molecule has 2 aromatic carbocycles. The van der Waals surface area contributed by atoms with E-state index in [2.05, 4.69) is 20.8 Å². The number of rotatable bonds is 5. The van der Waals surface area contributed by atoms with Crippen LogP contribution >= 0.6 is 0 Å². The molecule has 0 aliphatic carbocycles. The molecule has 1 heterocycles. The zero-order valence-corrected chi connectivity index (χ0v) is 12.8. The van der Waals surface area contributed by atoms with Crippen LogP contribution in [0.25, 0.3) is 5.69 Å². The highest BCUT2D eigenvalue weighted by molar-refractivity contribution is 5.94. The van der Waals surface area contributed by atoms with Crippen LogP contribution in [0.3, 0.4) is 0 Å². The van der Waals surface area contributed by atoms with Crippen LogP contribution in [0.5, 0.6) is 5.75 Å². The smallest absolute Gasteiger partial charge is 0.265 e. The first-order valence-corrected chi connectivity index (χ1v) is 7.19. The molecule has 0 fully saturated rings. The van der Waals surface area contributed by atoms with E-state index in [-0.39, 0.29) is 5.69 Å². The zero-order valence-electron chi connectivity index (χ0n) is 12.8. The maximum Gasteiger partial charge on any atom is 0.265 e. The summed E-state index contributed by atoms with van der Waals surface area (Å²) in [6, 6.07) is 12.9. The Bertz CT molecular complexity index is 838. The minimum absolute atomic E-state index is 0.111. The topological polar surface area (TPSA) is 81.9 Å². The molecule has 3 rings (SSSR count). The molecule has 24 heavy (non-hydrogen) atoms. The van der Waals surface area contributed by atoms with Gasteiger partial charge in [-0.15, -0.1) is 5.10 Å². The number of carbonyl (C=O) groups excluding carboxylic acids is 1. The molecule has 0 saturated carbocycles. The third kappa shape index (κ3) is 3.54. The molecule has 1 N–H and O–H groups in total. The number of para-hydroxylation sites is 1. The van der Waals surface area contributed by atoms with E-state index in [1.807, 2.05) is 0 Å². The van der Waals surface area contributed by atoms with Crippen LogP contribution in [0.1, 0.15) is 6.92 Å². The monoisotopic (exact) mass is 327 g/mol. The molecule has 0 aliphatic rings. The summed E-state index contributed by atoms with van der Waals surface area (Å²) in [6.45, 7) is 1.58. The summed E-state index contributed by atoms with van der Waals surface area (Å²) < 4.78 is 20.7. The van der Waals surface area contributed by atoms with Crippen molar-refractivity contribution in [2.45, 2.75) is 13.0 Å². The van der Waals surface area contributed by atoms with E-state index in [1.165, 1.54) is 23.1 Å². The number of benzene rings is 2. The Morgan fingerprint density at radius 3 is 2.83 bits per heavy atom. The van der Waals surface area contributed by atoms with Gasteiger partial charge in [-0.3, -0.25) is 4.79 Å². The number of nitrogens with zero attached hydrogens (tertiary/aromatic N) is 4. The molecular weight excluding hydrogens is 313 g/mol. The molecular formula is C16H14FN5O2. The molecule has 122 valence electrons. The Labute approximate surface area is 137 Å². The summed E-state index contributed by atoms with van der Waals surface area (Å²) in [4.78, 5) is 12.1. The number of ether oxygens (including phenoxy) is 1. The number of hydrogen-bond donors (Lipinski definition) is 1. The summed E-state index contributed by atoms with van der Waals surface area (Å²) >= 11 is 0. The zero-order chi connectivity index (χ0) is 16.9. The lowest BCUT2D eigenvalue weighted by Gasteiger charge is -2.15.